The van der Waals surface area contributed by atoms with Gasteiger partial charge in [0, 0.05) is 10.2 Å². The van der Waals surface area contributed by atoms with E-state index in [0.717, 1.165) is 16.6 Å². The molecule has 2 rings (SSSR count). The Kier molecular flexibility index (Phi) is 6.30. The molecule has 3 nitrogen and oxygen atoms in total. The van der Waals surface area contributed by atoms with E-state index in [1.54, 1.807) is 6.07 Å². The number of para-hydroxylation sites is 1. The highest BCUT2D eigenvalue weighted by Crippen LogP contribution is 2.26. The lowest BCUT2D eigenvalue weighted by Gasteiger charge is -2.17. The fourth-order valence-electron chi connectivity index (χ4n) is 2.23. The van der Waals surface area contributed by atoms with Crippen LogP contribution in [0.25, 0.3) is 0 Å². The maximum Gasteiger partial charge on any atom is 0.258 e. The van der Waals surface area contributed by atoms with E-state index in [1.807, 2.05) is 36.4 Å². The predicted octanol–water partition coefficient (Wildman–Crippen LogP) is 5.09. The van der Waals surface area contributed by atoms with Crippen LogP contribution >= 0.6 is 28.1 Å². The predicted molar refractivity (Wildman–Crippen MR) is 103 cm³/mol. The second kappa shape index (κ2) is 8.22. The summed E-state index contributed by atoms with van der Waals surface area (Å²) in [6, 6.07) is 15.3. The summed E-state index contributed by atoms with van der Waals surface area (Å²) in [4.78, 5) is 12.3. The molecule has 0 fully saturated rings. The van der Waals surface area contributed by atoms with Gasteiger partial charge in [-0.15, -0.1) is 0 Å². The van der Waals surface area contributed by atoms with E-state index in [0.29, 0.717) is 16.6 Å². The third-order valence-corrected chi connectivity index (χ3v) is 4.59. The van der Waals surface area contributed by atoms with Crippen molar-refractivity contribution in [2.24, 2.45) is 0 Å². The highest BCUT2D eigenvalue weighted by Gasteiger charge is 2.13. The third-order valence-electron chi connectivity index (χ3n) is 3.70. The van der Waals surface area contributed by atoms with Crippen LogP contribution in [-0.2, 0) is 0 Å². The molecule has 2 aromatic rings. The minimum Gasteiger partial charge on any atom is -0.332 e. The lowest BCUT2D eigenvalue weighted by atomic mass is 9.97. The molecule has 0 aromatic heterocycles. The van der Waals surface area contributed by atoms with E-state index < -0.39 is 0 Å². The number of nitrogens with one attached hydrogen (secondary N) is 2. The van der Waals surface area contributed by atoms with Crippen molar-refractivity contribution in [1.29, 1.82) is 0 Å². The first-order valence-electron chi connectivity index (χ1n) is 7.48. The number of hydrogen-bond donors (Lipinski definition) is 2. The van der Waals surface area contributed by atoms with Gasteiger partial charge in [0.25, 0.3) is 5.91 Å². The second-order valence-corrected chi connectivity index (χ2v) is 6.55. The Labute approximate surface area is 150 Å². The number of carbonyl (C=O) groups excluding carboxylic acids is 1. The zero-order chi connectivity index (χ0) is 16.8. The summed E-state index contributed by atoms with van der Waals surface area (Å²) in [5, 5.41) is 6.14. The van der Waals surface area contributed by atoms with Gasteiger partial charge in [0.05, 0.1) is 5.56 Å². The van der Waals surface area contributed by atoms with Gasteiger partial charge in [-0.05, 0) is 64.2 Å². The van der Waals surface area contributed by atoms with Crippen LogP contribution in [0.1, 0.15) is 42.1 Å². The molecule has 1 amide bonds. The number of anilines is 1. The van der Waals surface area contributed by atoms with Crippen molar-refractivity contribution in [2.75, 3.05) is 5.32 Å². The maximum absolute atomic E-state index is 12.3. The Bertz CT molecular complexity index is 718. The van der Waals surface area contributed by atoms with Crippen molar-refractivity contribution in [3.8, 4) is 0 Å². The molecule has 1 atom stereocenters. The Morgan fingerprint density at radius 3 is 2.52 bits per heavy atom. The first-order chi connectivity index (χ1) is 11.0. The number of carbonyl (C=O) groups is 1. The van der Waals surface area contributed by atoms with Crippen molar-refractivity contribution in [3.63, 3.8) is 0 Å². The zero-order valence-electron chi connectivity index (χ0n) is 13.1. The molecule has 120 valence electrons. The molecular formula is C18H19BrN2OS. The molecule has 0 aliphatic rings. The Morgan fingerprint density at radius 1 is 1.17 bits per heavy atom. The van der Waals surface area contributed by atoms with Gasteiger partial charge in [0.1, 0.15) is 0 Å². The molecule has 0 saturated heterocycles. The summed E-state index contributed by atoms with van der Waals surface area (Å²) in [5.41, 5.74) is 2.67. The SMILES string of the molecule is CCC(C)c1ccccc1NC(=S)NC(=O)c1ccccc1Br. The number of thiocarbonyl (C=S) groups is 1. The third kappa shape index (κ3) is 4.62. The highest BCUT2D eigenvalue weighted by atomic mass is 79.9. The standard InChI is InChI=1S/C18H19BrN2OS/c1-3-12(2)13-8-5-7-11-16(13)20-18(23)21-17(22)14-9-4-6-10-15(14)19/h4-12H,3H2,1-2H3,(H2,20,21,22,23). The molecule has 1 unspecified atom stereocenters. The Morgan fingerprint density at radius 2 is 1.83 bits per heavy atom. The van der Waals surface area contributed by atoms with Crippen LogP contribution in [0.15, 0.2) is 53.0 Å². The van der Waals surface area contributed by atoms with E-state index in [4.69, 9.17) is 12.2 Å². The van der Waals surface area contributed by atoms with Gasteiger partial charge < -0.3 is 5.32 Å². The monoisotopic (exact) mass is 390 g/mol. The molecule has 2 N–H and O–H groups in total. The Balaban J connectivity index is 2.09. The zero-order valence-corrected chi connectivity index (χ0v) is 15.5. The molecule has 5 heteroatoms. The van der Waals surface area contributed by atoms with Gasteiger partial charge in [0.2, 0.25) is 0 Å². The summed E-state index contributed by atoms with van der Waals surface area (Å²) in [5.74, 6) is 0.177. The average molecular weight is 391 g/mol. The van der Waals surface area contributed by atoms with Crippen LogP contribution in [0, 0.1) is 0 Å². The number of hydrogen-bond acceptors (Lipinski definition) is 2. The molecule has 0 spiro atoms. The molecule has 0 heterocycles. The summed E-state index contributed by atoms with van der Waals surface area (Å²) in [6.07, 6.45) is 1.04. The lowest BCUT2D eigenvalue weighted by Crippen LogP contribution is -2.34. The smallest absolute Gasteiger partial charge is 0.258 e. The fourth-order valence-corrected chi connectivity index (χ4v) is 2.90. The molecular weight excluding hydrogens is 372 g/mol. The molecule has 2 aromatic carbocycles. The van der Waals surface area contributed by atoms with Gasteiger partial charge in [-0.25, -0.2) is 0 Å². The molecule has 23 heavy (non-hydrogen) atoms. The number of benzene rings is 2. The first-order valence-corrected chi connectivity index (χ1v) is 8.68. The molecule has 0 radical (unpaired) electrons. The lowest BCUT2D eigenvalue weighted by molar-refractivity contribution is 0.0977. The summed E-state index contributed by atoms with van der Waals surface area (Å²) < 4.78 is 0.736. The van der Waals surface area contributed by atoms with Crippen molar-refractivity contribution < 1.29 is 4.79 Å². The largest absolute Gasteiger partial charge is 0.332 e. The summed E-state index contributed by atoms with van der Waals surface area (Å²) >= 11 is 8.65. The van der Waals surface area contributed by atoms with Crippen LogP contribution in [0.3, 0.4) is 0 Å². The van der Waals surface area contributed by atoms with E-state index in [2.05, 4.69) is 46.5 Å². The van der Waals surface area contributed by atoms with Crippen LogP contribution in [0.4, 0.5) is 5.69 Å². The number of amides is 1. The minimum absolute atomic E-state index is 0.240. The summed E-state index contributed by atoms with van der Waals surface area (Å²) in [6.45, 7) is 4.32. The number of rotatable bonds is 4. The van der Waals surface area contributed by atoms with Crippen LogP contribution < -0.4 is 10.6 Å². The van der Waals surface area contributed by atoms with E-state index in [-0.39, 0.29) is 5.91 Å². The van der Waals surface area contributed by atoms with E-state index in [9.17, 15) is 4.79 Å². The van der Waals surface area contributed by atoms with Gasteiger partial charge in [-0.1, -0.05) is 44.2 Å². The van der Waals surface area contributed by atoms with Gasteiger partial charge >= 0.3 is 0 Å². The van der Waals surface area contributed by atoms with Crippen LogP contribution in [-0.4, -0.2) is 11.0 Å². The van der Waals surface area contributed by atoms with Crippen molar-refractivity contribution >= 4 is 44.9 Å². The van der Waals surface area contributed by atoms with Crippen LogP contribution in [0.2, 0.25) is 0 Å². The first kappa shape index (κ1) is 17.6. The highest BCUT2D eigenvalue weighted by molar-refractivity contribution is 9.10. The summed E-state index contributed by atoms with van der Waals surface area (Å²) in [7, 11) is 0. The second-order valence-electron chi connectivity index (χ2n) is 5.28. The van der Waals surface area contributed by atoms with Crippen LogP contribution in [0.5, 0.6) is 0 Å². The topological polar surface area (TPSA) is 41.1 Å². The van der Waals surface area contributed by atoms with Gasteiger partial charge in [-0.2, -0.15) is 0 Å². The number of halogens is 1. The van der Waals surface area contributed by atoms with Gasteiger partial charge in [0.15, 0.2) is 5.11 Å². The average Bonchev–Trinajstić information content (AvgIpc) is 2.54. The molecule has 0 bridgehead atoms. The normalized spacial score (nSPS) is 11.6. The quantitative estimate of drug-likeness (QED) is 0.714. The fraction of sp³-hybridized carbons (Fsp3) is 0.222. The van der Waals surface area contributed by atoms with Crippen molar-refractivity contribution in [2.45, 2.75) is 26.2 Å². The minimum atomic E-state index is -0.240. The molecule has 0 aliphatic heterocycles. The van der Waals surface area contributed by atoms with E-state index in [1.165, 1.54) is 5.56 Å². The van der Waals surface area contributed by atoms with Gasteiger partial charge in [-0.3, -0.25) is 10.1 Å². The molecule has 0 saturated carbocycles. The maximum atomic E-state index is 12.3. The molecule has 0 aliphatic carbocycles. The Hall–Kier alpha value is -1.72. The van der Waals surface area contributed by atoms with E-state index >= 15 is 0 Å². The van der Waals surface area contributed by atoms with Crippen molar-refractivity contribution in [3.05, 3.63) is 64.1 Å². The van der Waals surface area contributed by atoms with Crippen molar-refractivity contribution in [1.82, 2.24) is 5.32 Å².